The lowest BCUT2D eigenvalue weighted by Gasteiger charge is -2.34. The van der Waals surface area contributed by atoms with Crippen molar-refractivity contribution in [2.24, 2.45) is 0 Å². The summed E-state index contributed by atoms with van der Waals surface area (Å²) in [7, 11) is 0. The molecule has 0 bridgehead atoms. The van der Waals surface area contributed by atoms with Crippen LogP contribution < -0.4 is 14.5 Å². The zero-order valence-corrected chi connectivity index (χ0v) is 28.9. The lowest BCUT2D eigenvalue weighted by Crippen LogP contribution is -2.33. The van der Waals surface area contributed by atoms with Gasteiger partial charge in [0.05, 0.1) is 18.6 Å². The van der Waals surface area contributed by atoms with Crippen molar-refractivity contribution in [3.63, 3.8) is 0 Å². The van der Waals surface area contributed by atoms with E-state index in [4.69, 9.17) is 9.47 Å². The van der Waals surface area contributed by atoms with Gasteiger partial charge >= 0.3 is 0 Å². The number of rotatable bonds is 11. The highest BCUT2D eigenvalue weighted by Gasteiger charge is 2.38. The van der Waals surface area contributed by atoms with Gasteiger partial charge in [0, 0.05) is 33.9 Å². The number of ether oxygens (including phenoxy) is 2. The smallest absolute Gasteiger partial charge is 0.126 e. The van der Waals surface area contributed by atoms with Crippen LogP contribution in [-0.2, 0) is 10.2 Å². The Bertz CT molecular complexity index is 1990. The molecule has 2 aliphatic carbocycles. The van der Waals surface area contributed by atoms with E-state index in [2.05, 4.69) is 161 Å². The van der Waals surface area contributed by atoms with Crippen LogP contribution in [0.2, 0.25) is 0 Å². The molecule has 6 rings (SSSR count). The fourth-order valence-corrected chi connectivity index (χ4v) is 6.77. The molecule has 0 saturated heterocycles. The third kappa shape index (κ3) is 6.68. The van der Waals surface area contributed by atoms with Crippen LogP contribution in [0, 0.1) is 13.8 Å². The van der Waals surface area contributed by atoms with E-state index in [-0.39, 0.29) is 11.5 Å². The highest BCUT2D eigenvalue weighted by molar-refractivity contribution is 5.91. The van der Waals surface area contributed by atoms with E-state index < -0.39 is 0 Å². The van der Waals surface area contributed by atoms with Crippen molar-refractivity contribution in [2.45, 2.75) is 45.6 Å². The zero-order valence-electron chi connectivity index (χ0n) is 28.9. The van der Waals surface area contributed by atoms with Crippen molar-refractivity contribution >= 4 is 28.3 Å². The first-order valence-electron chi connectivity index (χ1n) is 16.6. The van der Waals surface area contributed by atoms with E-state index >= 15 is 0 Å². The average molecular weight is 645 g/mol. The first-order valence-corrected chi connectivity index (χ1v) is 16.6. The largest absolute Gasteiger partial charge is 0.466 e. The molecule has 4 heteroatoms. The minimum atomic E-state index is -0.321. The van der Waals surface area contributed by atoms with Gasteiger partial charge in [-0.25, -0.2) is 0 Å². The summed E-state index contributed by atoms with van der Waals surface area (Å²) >= 11 is 0. The van der Waals surface area contributed by atoms with Gasteiger partial charge in [-0.3, -0.25) is 0 Å². The molecule has 0 fully saturated rings. The molecule has 1 unspecified atom stereocenters. The number of benzene rings is 4. The number of nitrogens with zero attached hydrogens (tertiary/aromatic N) is 2. The van der Waals surface area contributed by atoms with Gasteiger partial charge in [0.25, 0.3) is 0 Å². The summed E-state index contributed by atoms with van der Waals surface area (Å²) in [5.41, 5.74) is 11.8. The van der Waals surface area contributed by atoms with Gasteiger partial charge in [-0.05, 0) is 121 Å². The van der Waals surface area contributed by atoms with Crippen molar-refractivity contribution in [1.29, 1.82) is 0 Å². The van der Waals surface area contributed by atoms with Gasteiger partial charge in [0.1, 0.15) is 11.5 Å². The number of hydrogen-bond acceptors (Lipinski definition) is 4. The van der Waals surface area contributed by atoms with Crippen molar-refractivity contribution in [1.82, 2.24) is 0 Å². The summed E-state index contributed by atoms with van der Waals surface area (Å²) in [4.78, 5) is 4.59. The number of allylic oxidation sites excluding steroid dienone is 4. The maximum absolute atomic E-state index is 5.54. The summed E-state index contributed by atoms with van der Waals surface area (Å²) < 4.78 is 11.1. The fraction of sp³-hybridized carbons (Fsp3) is 0.156. The molecule has 1 atom stereocenters. The van der Waals surface area contributed by atoms with Crippen LogP contribution in [-0.4, -0.2) is 6.04 Å². The van der Waals surface area contributed by atoms with Crippen molar-refractivity contribution < 1.29 is 9.47 Å². The lowest BCUT2D eigenvalue weighted by molar-refractivity contribution is 0.364. The van der Waals surface area contributed by atoms with E-state index in [1.807, 2.05) is 18.2 Å². The SMILES string of the molecule is C=COC1=CCC(N(C(=C)/C=C2\C(=C)c3ccc(N(c4ccc(C)cc4)c4ccc(OC=C)cc4)cc3C2(C)C)c2ccc(C)cc2)C=C1. The van der Waals surface area contributed by atoms with Gasteiger partial charge in [-0.1, -0.05) is 87.7 Å². The molecule has 4 aromatic carbocycles. The van der Waals surface area contributed by atoms with Crippen LogP contribution in [0.4, 0.5) is 22.7 Å². The van der Waals surface area contributed by atoms with E-state index in [1.165, 1.54) is 29.2 Å². The molecule has 4 aromatic rings. The number of aryl methyl sites for hydroxylation is 2. The Balaban J connectivity index is 1.38. The first kappa shape index (κ1) is 33.2. The monoisotopic (exact) mass is 644 g/mol. The molecular formula is C45H44N2O2. The lowest BCUT2D eigenvalue weighted by atomic mass is 9.81. The van der Waals surface area contributed by atoms with Gasteiger partial charge in [-0.2, -0.15) is 0 Å². The minimum absolute atomic E-state index is 0.0716. The first-order chi connectivity index (χ1) is 23.6. The van der Waals surface area contributed by atoms with E-state index in [0.29, 0.717) is 0 Å². The molecule has 4 nitrogen and oxygen atoms in total. The zero-order chi connectivity index (χ0) is 34.7. The molecule has 49 heavy (non-hydrogen) atoms. The molecule has 0 aliphatic heterocycles. The Labute approximate surface area is 291 Å². The van der Waals surface area contributed by atoms with E-state index in [0.717, 1.165) is 63.1 Å². The molecule has 0 heterocycles. The molecule has 0 amide bonds. The van der Waals surface area contributed by atoms with Crippen molar-refractivity contribution in [3.05, 3.63) is 193 Å². The Hall–Kier alpha value is -5.74. The van der Waals surface area contributed by atoms with Crippen LogP contribution in [0.1, 0.15) is 42.5 Å². The second kappa shape index (κ2) is 13.8. The second-order valence-electron chi connectivity index (χ2n) is 13.1. The standard InChI is InChI=1S/C45H44N2O2/c1-9-48-40-24-19-36(20-25-40)46(35-15-11-31(3)12-16-35)33(5)29-43-34(6)42-28-23-39(30-44(42)45(43,7)8)47(37-17-13-32(4)14-18-37)38-21-26-41(27-22-38)49-10-2/h9-19,21-30,36H,1-2,5-6,20H2,3-4,7-8H3/b43-29+. The highest BCUT2D eigenvalue weighted by Crippen LogP contribution is 2.51. The van der Waals surface area contributed by atoms with E-state index in [9.17, 15) is 0 Å². The molecule has 0 aromatic heterocycles. The average Bonchev–Trinajstić information content (AvgIpc) is 3.28. The molecule has 0 spiro atoms. The predicted molar refractivity (Wildman–Crippen MR) is 207 cm³/mol. The molecule has 246 valence electrons. The van der Waals surface area contributed by atoms with Crippen LogP contribution in [0.3, 0.4) is 0 Å². The third-order valence-electron chi connectivity index (χ3n) is 9.39. The van der Waals surface area contributed by atoms with Gasteiger partial charge in [0.15, 0.2) is 0 Å². The third-order valence-corrected chi connectivity index (χ3v) is 9.39. The summed E-state index contributed by atoms with van der Waals surface area (Å²) in [6, 6.07) is 32.1. The number of anilines is 4. The summed E-state index contributed by atoms with van der Waals surface area (Å²) in [6.07, 6.45) is 12.2. The second-order valence-corrected chi connectivity index (χ2v) is 13.1. The quantitative estimate of drug-likeness (QED) is 0.152. The maximum atomic E-state index is 5.54. The summed E-state index contributed by atoms with van der Waals surface area (Å²) in [6.45, 7) is 25.4. The van der Waals surface area contributed by atoms with E-state index in [1.54, 1.807) is 0 Å². The Morgan fingerprint density at radius 1 is 0.776 bits per heavy atom. The number of fused-ring (bicyclic) bond motifs is 1. The highest BCUT2D eigenvalue weighted by atomic mass is 16.5. The molecule has 0 N–H and O–H groups in total. The topological polar surface area (TPSA) is 24.9 Å². The molecule has 2 aliphatic rings. The Morgan fingerprint density at radius 2 is 1.35 bits per heavy atom. The minimum Gasteiger partial charge on any atom is -0.466 e. The molecular weight excluding hydrogens is 601 g/mol. The normalized spacial score (nSPS) is 16.8. The summed E-state index contributed by atoms with van der Waals surface area (Å²) in [5.74, 6) is 1.55. The summed E-state index contributed by atoms with van der Waals surface area (Å²) in [5, 5.41) is 0. The van der Waals surface area contributed by atoms with Gasteiger partial charge < -0.3 is 19.3 Å². The fourth-order valence-electron chi connectivity index (χ4n) is 6.77. The van der Waals surface area contributed by atoms with Crippen LogP contribution in [0.5, 0.6) is 5.75 Å². The number of hydrogen-bond donors (Lipinski definition) is 0. The van der Waals surface area contributed by atoms with Gasteiger partial charge in [-0.15, -0.1) is 0 Å². The van der Waals surface area contributed by atoms with Crippen LogP contribution in [0.25, 0.3) is 5.57 Å². The van der Waals surface area contributed by atoms with Gasteiger partial charge in [0.2, 0.25) is 0 Å². The molecule has 0 radical (unpaired) electrons. The Morgan fingerprint density at radius 3 is 1.92 bits per heavy atom. The molecule has 0 saturated carbocycles. The van der Waals surface area contributed by atoms with Crippen molar-refractivity contribution in [3.8, 4) is 5.75 Å². The van der Waals surface area contributed by atoms with Crippen molar-refractivity contribution in [2.75, 3.05) is 9.80 Å². The maximum Gasteiger partial charge on any atom is 0.126 e. The van der Waals surface area contributed by atoms with Crippen LogP contribution in [0.15, 0.2) is 171 Å². The predicted octanol–water partition coefficient (Wildman–Crippen LogP) is 11.9. The van der Waals surface area contributed by atoms with Crippen LogP contribution >= 0.6 is 0 Å². The Kier molecular flexibility index (Phi) is 9.33.